The molecule has 3 aromatic rings. The Balaban J connectivity index is 1.61. The highest BCUT2D eigenvalue weighted by molar-refractivity contribution is 5.74. The molecule has 0 aliphatic carbocycles. The third-order valence-electron chi connectivity index (χ3n) is 4.23. The minimum Gasteiger partial charge on any atom is -0.490 e. The van der Waals surface area contributed by atoms with Gasteiger partial charge >= 0.3 is 6.09 Å². The predicted octanol–water partition coefficient (Wildman–Crippen LogP) is 4.31. The first-order valence-electron chi connectivity index (χ1n) is 9.11. The van der Waals surface area contributed by atoms with E-state index < -0.39 is 12.1 Å². The van der Waals surface area contributed by atoms with E-state index in [2.05, 4.69) is 5.32 Å². The first kappa shape index (κ1) is 19.9. The number of carbonyl (C=O) groups is 2. The quantitative estimate of drug-likeness (QED) is 0.419. The smallest absolute Gasteiger partial charge is 0.405 e. The van der Waals surface area contributed by atoms with E-state index in [0.717, 1.165) is 17.4 Å². The number of ether oxygens (including phenoxy) is 2. The Bertz CT molecular complexity index is 941. The maximum Gasteiger partial charge on any atom is 0.405 e. The Morgan fingerprint density at radius 3 is 2.17 bits per heavy atom. The van der Waals surface area contributed by atoms with Gasteiger partial charge < -0.3 is 19.9 Å². The largest absolute Gasteiger partial charge is 0.490 e. The average Bonchev–Trinajstić information content (AvgIpc) is 2.76. The summed E-state index contributed by atoms with van der Waals surface area (Å²) >= 11 is 0. The SMILES string of the molecule is O=Cc1ccc(OCCOc2cccc(C(NC(=O)O)c3ccccc3)c2)cc1. The summed E-state index contributed by atoms with van der Waals surface area (Å²) in [7, 11) is 0. The highest BCUT2D eigenvalue weighted by Gasteiger charge is 2.16. The van der Waals surface area contributed by atoms with Gasteiger partial charge in [-0.15, -0.1) is 0 Å². The van der Waals surface area contributed by atoms with Crippen LogP contribution in [0.4, 0.5) is 4.79 Å². The minimum atomic E-state index is -1.10. The number of benzene rings is 3. The number of hydrogen-bond acceptors (Lipinski definition) is 4. The van der Waals surface area contributed by atoms with Crippen LogP contribution >= 0.6 is 0 Å². The summed E-state index contributed by atoms with van der Waals surface area (Å²) < 4.78 is 11.3. The number of nitrogens with one attached hydrogen (secondary N) is 1. The maximum absolute atomic E-state index is 11.2. The summed E-state index contributed by atoms with van der Waals surface area (Å²) in [5, 5.41) is 11.8. The van der Waals surface area contributed by atoms with Crippen molar-refractivity contribution >= 4 is 12.4 Å². The molecule has 148 valence electrons. The van der Waals surface area contributed by atoms with Crippen molar-refractivity contribution in [1.29, 1.82) is 0 Å². The van der Waals surface area contributed by atoms with Crippen LogP contribution in [0.1, 0.15) is 27.5 Å². The maximum atomic E-state index is 11.2. The summed E-state index contributed by atoms with van der Waals surface area (Å²) in [5.74, 6) is 1.28. The van der Waals surface area contributed by atoms with Crippen molar-refractivity contribution in [2.75, 3.05) is 13.2 Å². The van der Waals surface area contributed by atoms with E-state index in [9.17, 15) is 14.7 Å². The van der Waals surface area contributed by atoms with Crippen molar-refractivity contribution in [3.8, 4) is 11.5 Å². The first-order valence-corrected chi connectivity index (χ1v) is 9.11. The Labute approximate surface area is 168 Å². The van der Waals surface area contributed by atoms with E-state index in [1.165, 1.54) is 0 Å². The molecule has 1 amide bonds. The summed E-state index contributed by atoms with van der Waals surface area (Å²) in [6.45, 7) is 0.654. The number of amides is 1. The molecular weight excluding hydrogens is 370 g/mol. The van der Waals surface area contributed by atoms with Crippen molar-refractivity contribution in [3.63, 3.8) is 0 Å². The van der Waals surface area contributed by atoms with E-state index >= 15 is 0 Å². The summed E-state index contributed by atoms with van der Waals surface area (Å²) in [6, 6.07) is 23.0. The highest BCUT2D eigenvalue weighted by Crippen LogP contribution is 2.25. The number of rotatable bonds is 9. The average molecular weight is 391 g/mol. The van der Waals surface area contributed by atoms with Crippen LogP contribution in [0.3, 0.4) is 0 Å². The molecule has 0 aliphatic heterocycles. The van der Waals surface area contributed by atoms with E-state index in [1.807, 2.05) is 54.6 Å². The molecule has 0 heterocycles. The fourth-order valence-electron chi connectivity index (χ4n) is 2.87. The fraction of sp³-hybridized carbons (Fsp3) is 0.130. The molecular formula is C23H21NO5. The molecule has 6 heteroatoms. The van der Waals surface area contributed by atoms with Gasteiger partial charge in [-0.2, -0.15) is 0 Å². The monoisotopic (exact) mass is 391 g/mol. The van der Waals surface area contributed by atoms with Gasteiger partial charge in [0.1, 0.15) is 31.0 Å². The van der Waals surface area contributed by atoms with Gasteiger partial charge in [0.05, 0.1) is 6.04 Å². The third kappa shape index (κ3) is 5.84. The van der Waals surface area contributed by atoms with Gasteiger partial charge in [0.25, 0.3) is 0 Å². The first-order chi connectivity index (χ1) is 14.2. The molecule has 0 fully saturated rings. The highest BCUT2D eigenvalue weighted by atomic mass is 16.5. The fourth-order valence-corrected chi connectivity index (χ4v) is 2.87. The molecule has 0 saturated carbocycles. The van der Waals surface area contributed by atoms with Crippen molar-refractivity contribution in [2.45, 2.75) is 6.04 Å². The van der Waals surface area contributed by atoms with Crippen LogP contribution in [0.25, 0.3) is 0 Å². The van der Waals surface area contributed by atoms with Crippen molar-refractivity contribution in [1.82, 2.24) is 5.32 Å². The second kappa shape index (κ2) is 9.94. The van der Waals surface area contributed by atoms with Crippen LogP contribution < -0.4 is 14.8 Å². The van der Waals surface area contributed by atoms with Crippen molar-refractivity contribution < 1.29 is 24.2 Å². The zero-order valence-electron chi connectivity index (χ0n) is 15.7. The molecule has 6 nitrogen and oxygen atoms in total. The Hall–Kier alpha value is -3.80. The number of hydrogen-bond donors (Lipinski definition) is 2. The lowest BCUT2D eigenvalue weighted by Crippen LogP contribution is -2.27. The van der Waals surface area contributed by atoms with Gasteiger partial charge in [0, 0.05) is 5.56 Å². The lowest BCUT2D eigenvalue weighted by molar-refractivity contribution is 0.112. The molecule has 29 heavy (non-hydrogen) atoms. The van der Waals surface area contributed by atoms with Gasteiger partial charge in [-0.05, 0) is 47.5 Å². The molecule has 0 aromatic heterocycles. The Morgan fingerprint density at radius 2 is 1.52 bits per heavy atom. The predicted molar refractivity (Wildman–Crippen MR) is 109 cm³/mol. The van der Waals surface area contributed by atoms with Gasteiger partial charge in [-0.25, -0.2) is 4.79 Å². The number of carbonyl (C=O) groups excluding carboxylic acids is 1. The van der Waals surface area contributed by atoms with Gasteiger partial charge in [-0.1, -0.05) is 42.5 Å². The van der Waals surface area contributed by atoms with Gasteiger partial charge in [0.2, 0.25) is 0 Å². The molecule has 0 bridgehead atoms. The van der Waals surface area contributed by atoms with Crippen LogP contribution in [-0.2, 0) is 0 Å². The lowest BCUT2D eigenvalue weighted by atomic mass is 9.99. The van der Waals surface area contributed by atoms with Crippen LogP contribution in [0.5, 0.6) is 11.5 Å². The topological polar surface area (TPSA) is 84.9 Å². The summed E-state index contributed by atoms with van der Waals surface area (Å²) in [6.07, 6.45) is -0.318. The Kier molecular flexibility index (Phi) is 6.84. The molecule has 0 saturated heterocycles. The van der Waals surface area contributed by atoms with E-state index in [0.29, 0.717) is 30.3 Å². The molecule has 3 rings (SSSR count). The van der Waals surface area contributed by atoms with Crippen molar-refractivity contribution in [2.24, 2.45) is 0 Å². The number of carboxylic acid groups (broad SMARTS) is 1. The zero-order chi connectivity index (χ0) is 20.5. The van der Waals surface area contributed by atoms with E-state index in [4.69, 9.17) is 9.47 Å². The molecule has 0 aliphatic rings. The van der Waals surface area contributed by atoms with E-state index in [1.54, 1.807) is 24.3 Å². The molecule has 0 radical (unpaired) electrons. The second-order valence-corrected chi connectivity index (χ2v) is 6.25. The van der Waals surface area contributed by atoms with Gasteiger partial charge in [-0.3, -0.25) is 4.79 Å². The Morgan fingerprint density at radius 1 is 0.862 bits per heavy atom. The van der Waals surface area contributed by atoms with Crippen LogP contribution in [-0.4, -0.2) is 30.7 Å². The van der Waals surface area contributed by atoms with Crippen molar-refractivity contribution in [3.05, 3.63) is 95.6 Å². The summed E-state index contributed by atoms with van der Waals surface area (Å²) in [4.78, 5) is 21.9. The van der Waals surface area contributed by atoms with Gasteiger partial charge in [0.15, 0.2) is 0 Å². The molecule has 1 unspecified atom stereocenters. The standard InChI is InChI=1S/C23H21NO5/c25-16-17-9-11-20(12-10-17)28-13-14-29-21-8-4-7-19(15-21)22(24-23(26)27)18-5-2-1-3-6-18/h1-12,15-16,22,24H,13-14H2,(H,26,27). The van der Waals surface area contributed by atoms with E-state index in [-0.39, 0.29) is 0 Å². The summed E-state index contributed by atoms with van der Waals surface area (Å²) in [5.41, 5.74) is 2.21. The van der Waals surface area contributed by atoms with Crippen LogP contribution in [0, 0.1) is 0 Å². The normalized spacial score (nSPS) is 11.3. The zero-order valence-corrected chi connectivity index (χ0v) is 15.7. The molecule has 1 atom stereocenters. The molecule has 0 spiro atoms. The lowest BCUT2D eigenvalue weighted by Gasteiger charge is -2.19. The third-order valence-corrected chi connectivity index (χ3v) is 4.23. The molecule has 2 N–H and O–H groups in total. The van der Waals surface area contributed by atoms with Crippen LogP contribution in [0.15, 0.2) is 78.9 Å². The van der Waals surface area contributed by atoms with Crippen LogP contribution in [0.2, 0.25) is 0 Å². The minimum absolute atomic E-state index is 0.321. The number of aldehydes is 1. The molecule has 3 aromatic carbocycles. The second-order valence-electron chi connectivity index (χ2n) is 6.25.